The van der Waals surface area contributed by atoms with Crippen LogP contribution in [0.2, 0.25) is 0 Å². The summed E-state index contributed by atoms with van der Waals surface area (Å²) >= 11 is 0. The molecule has 0 aliphatic rings. The summed E-state index contributed by atoms with van der Waals surface area (Å²) in [4.78, 5) is 23.9. The predicted molar refractivity (Wildman–Crippen MR) is 125 cm³/mol. The van der Waals surface area contributed by atoms with Crippen LogP contribution in [0.3, 0.4) is 0 Å². The number of aromatic carboxylic acids is 1. The molecule has 33 heavy (non-hydrogen) atoms. The van der Waals surface area contributed by atoms with Crippen LogP contribution in [0.1, 0.15) is 10.5 Å². The van der Waals surface area contributed by atoms with E-state index in [0.717, 1.165) is 0 Å². The van der Waals surface area contributed by atoms with Gasteiger partial charge in [0.1, 0.15) is 11.5 Å². The fraction of sp³-hybridized carbons (Fsp3) is 0.0417. The second kappa shape index (κ2) is 8.10. The van der Waals surface area contributed by atoms with E-state index >= 15 is 0 Å². The summed E-state index contributed by atoms with van der Waals surface area (Å²) in [7, 11) is 0.275. The van der Waals surface area contributed by atoms with E-state index in [1.807, 2.05) is 0 Å². The van der Waals surface area contributed by atoms with Crippen LogP contribution in [0, 0.1) is 5.82 Å². The third kappa shape index (κ3) is 3.72. The quantitative estimate of drug-likeness (QED) is 0.393. The molecule has 3 aromatic heterocycles. The van der Waals surface area contributed by atoms with Crippen LogP contribution < -0.4 is 4.31 Å². The number of benzene rings is 2. The van der Waals surface area contributed by atoms with E-state index < -0.39 is 22.8 Å². The number of carboxylic acids is 1. The number of nitrogens with zero attached hydrogens (tertiary/aromatic N) is 3. The normalized spacial score (nSPS) is 12.2. The third-order valence-corrected chi connectivity index (χ3v) is 6.71. The van der Waals surface area contributed by atoms with Gasteiger partial charge in [-0.25, -0.2) is 18.4 Å². The molecule has 0 radical (unpaired) electrons. The van der Waals surface area contributed by atoms with Gasteiger partial charge < -0.3 is 10.1 Å². The molecule has 0 amide bonds. The summed E-state index contributed by atoms with van der Waals surface area (Å²) in [6.07, 6.45) is 3.17. The van der Waals surface area contributed by atoms with Crippen molar-refractivity contribution in [3.8, 4) is 11.3 Å². The number of rotatable bonds is 5. The van der Waals surface area contributed by atoms with Gasteiger partial charge in [0.25, 0.3) is 0 Å². The lowest BCUT2D eigenvalue weighted by Crippen LogP contribution is -2.20. The number of hydrogen-bond donors (Lipinski definition) is 2. The molecule has 2 N–H and O–H groups in total. The second-order valence-corrected chi connectivity index (χ2v) is 8.90. The molecule has 0 bridgehead atoms. The van der Waals surface area contributed by atoms with E-state index in [2.05, 4.69) is 15.0 Å². The SMILES string of the molecule is CN(c1ccc(-c2nc(C(=O)O)cc3c2[nH]c2ccc(F)cc23)cc1)S(=O)c1cccnc1. The third-order valence-electron chi connectivity index (χ3n) is 5.36. The van der Waals surface area contributed by atoms with Crippen LogP contribution >= 0.6 is 0 Å². The molecule has 2 aromatic carbocycles. The summed E-state index contributed by atoms with van der Waals surface area (Å²) in [5.74, 6) is -1.58. The molecular weight excluding hydrogens is 443 g/mol. The van der Waals surface area contributed by atoms with Crippen molar-refractivity contribution in [1.82, 2.24) is 15.0 Å². The minimum Gasteiger partial charge on any atom is -0.477 e. The Morgan fingerprint density at radius 1 is 1.09 bits per heavy atom. The van der Waals surface area contributed by atoms with E-state index in [9.17, 15) is 18.5 Å². The molecule has 0 saturated carbocycles. The number of fused-ring (bicyclic) bond motifs is 3. The molecule has 1 atom stereocenters. The van der Waals surface area contributed by atoms with Crippen molar-refractivity contribution in [3.05, 3.63) is 84.6 Å². The molecule has 9 heteroatoms. The molecule has 5 rings (SSSR count). The van der Waals surface area contributed by atoms with Gasteiger partial charge in [0.05, 0.1) is 16.1 Å². The summed E-state index contributed by atoms with van der Waals surface area (Å²) < 4.78 is 28.3. The standard InChI is InChI=1S/C24H17FN4O3S/c1-29(33(32)17-3-2-10-26-13-17)16-7-4-14(5-8-16)22-23-19(12-21(28-22)24(30)31)18-11-15(25)6-9-20(18)27-23/h2-13,27H,1H3,(H,30,31). The van der Waals surface area contributed by atoms with E-state index in [4.69, 9.17) is 0 Å². The van der Waals surface area contributed by atoms with E-state index in [1.165, 1.54) is 18.2 Å². The summed E-state index contributed by atoms with van der Waals surface area (Å²) in [5.41, 5.74) is 2.95. The molecule has 0 aliphatic heterocycles. The van der Waals surface area contributed by atoms with Gasteiger partial charge in [0, 0.05) is 47.0 Å². The number of aromatic amines is 1. The van der Waals surface area contributed by atoms with Gasteiger partial charge in [-0.2, -0.15) is 0 Å². The van der Waals surface area contributed by atoms with Gasteiger partial charge in [-0.1, -0.05) is 12.1 Å². The van der Waals surface area contributed by atoms with Crippen molar-refractivity contribution in [3.63, 3.8) is 0 Å². The lowest BCUT2D eigenvalue weighted by Gasteiger charge is -2.18. The molecule has 1 unspecified atom stereocenters. The number of halogens is 1. The predicted octanol–water partition coefficient (Wildman–Crippen LogP) is 4.77. The van der Waals surface area contributed by atoms with E-state index in [-0.39, 0.29) is 5.69 Å². The number of hydrogen-bond acceptors (Lipinski definition) is 4. The van der Waals surface area contributed by atoms with Gasteiger partial charge in [-0.05, 0) is 48.5 Å². The fourth-order valence-electron chi connectivity index (χ4n) is 3.72. The van der Waals surface area contributed by atoms with Crippen molar-refractivity contribution in [2.24, 2.45) is 0 Å². The van der Waals surface area contributed by atoms with E-state index in [0.29, 0.717) is 43.6 Å². The zero-order valence-corrected chi connectivity index (χ0v) is 18.1. The Bertz CT molecular complexity index is 1540. The Balaban J connectivity index is 1.59. The van der Waals surface area contributed by atoms with Gasteiger partial charge in [0.15, 0.2) is 11.0 Å². The van der Waals surface area contributed by atoms with Crippen LogP contribution in [0.25, 0.3) is 33.1 Å². The highest BCUT2D eigenvalue weighted by Crippen LogP contribution is 2.34. The van der Waals surface area contributed by atoms with Gasteiger partial charge >= 0.3 is 5.97 Å². The van der Waals surface area contributed by atoms with Crippen LogP contribution in [-0.4, -0.2) is 37.3 Å². The molecular formula is C24H17FN4O3S. The highest BCUT2D eigenvalue weighted by atomic mass is 32.2. The minimum atomic E-state index is -1.44. The second-order valence-electron chi connectivity index (χ2n) is 7.38. The molecule has 3 heterocycles. The fourth-order valence-corrected chi connectivity index (χ4v) is 4.69. The Hall–Kier alpha value is -4.11. The van der Waals surface area contributed by atoms with Crippen LogP contribution in [-0.2, 0) is 11.0 Å². The maximum atomic E-state index is 13.9. The van der Waals surface area contributed by atoms with Crippen LogP contribution in [0.4, 0.5) is 10.1 Å². The number of nitrogens with one attached hydrogen (secondary N) is 1. The minimum absolute atomic E-state index is 0.137. The first-order valence-corrected chi connectivity index (χ1v) is 11.0. The Morgan fingerprint density at radius 2 is 1.88 bits per heavy atom. The number of anilines is 1. The van der Waals surface area contributed by atoms with Crippen molar-refractivity contribution in [1.29, 1.82) is 0 Å². The zero-order chi connectivity index (χ0) is 23.1. The van der Waals surface area contributed by atoms with Crippen molar-refractivity contribution in [2.75, 3.05) is 11.4 Å². The Morgan fingerprint density at radius 3 is 2.58 bits per heavy atom. The lowest BCUT2D eigenvalue weighted by atomic mass is 10.1. The molecule has 0 spiro atoms. The highest BCUT2D eigenvalue weighted by molar-refractivity contribution is 7.86. The topological polar surface area (TPSA) is 99.2 Å². The van der Waals surface area contributed by atoms with Gasteiger partial charge in [-0.3, -0.25) is 9.29 Å². The first-order chi connectivity index (χ1) is 15.9. The average Bonchev–Trinajstić information content (AvgIpc) is 3.21. The van der Waals surface area contributed by atoms with Gasteiger partial charge in [-0.15, -0.1) is 0 Å². The van der Waals surface area contributed by atoms with Crippen molar-refractivity contribution >= 4 is 44.4 Å². The number of pyridine rings is 2. The Kier molecular flexibility index (Phi) is 5.10. The first kappa shape index (κ1) is 20.8. The summed E-state index contributed by atoms with van der Waals surface area (Å²) in [5, 5.41) is 10.7. The molecule has 0 fully saturated rings. The molecule has 0 aliphatic carbocycles. The smallest absolute Gasteiger partial charge is 0.354 e. The molecule has 7 nitrogen and oxygen atoms in total. The Labute approximate surface area is 190 Å². The van der Waals surface area contributed by atoms with Gasteiger partial charge in [0.2, 0.25) is 0 Å². The highest BCUT2D eigenvalue weighted by Gasteiger charge is 2.18. The number of H-pyrrole nitrogens is 1. The molecule has 5 aromatic rings. The zero-order valence-electron chi connectivity index (χ0n) is 17.3. The average molecular weight is 460 g/mol. The maximum Gasteiger partial charge on any atom is 0.354 e. The first-order valence-electron chi connectivity index (χ1n) is 9.94. The lowest BCUT2D eigenvalue weighted by molar-refractivity contribution is 0.0691. The summed E-state index contributed by atoms with van der Waals surface area (Å²) in [6.45, 7) is 0. The molecule has 164 valence electrons. The monoisotopic (exact) mass is 460 g/mol. The number of carbonyl (C=O) groups is 1. The number of carboxylic acid groups (broad SMARTS) is 1. The van der Waals surface area contributed by atoms with E-state index in [1.54, 1.807) is 66.2 Å². The van der Waals surface area contributed by atoms with Crippen molar-refractivity contribution < 1.29 is 18.5 Å². The summed E-state index contributed by atoms with van der Waals surface area (Å²) in [6, 6.07) is 16.4. The number of aromatic nitrogens is 3. The largest absolute Gasteiger partial charge is 0.477 e. The maximum absolute atomic E-state index is 13.9. The van der Waals surface area contributed by atoms with Crippen LogP contribution in [0.15, 0.2) is 78.0 Å². The molecule has 0 saturated heterocycles. The van der Waals surface area contributed by atoms with Crippen LogP contribution in [0.5, 0.6) is 0 Å². The van der Waals surface area contributed by atoms with Crippen molar-refractivity contribution in [2.45, 2.75) is 4.90 Å².